The maximum absolute atomic E-state index is 3.60. The topological polar surface area (TPSA) is 15.3 Å². The maximum Gasteiger partial charge on any atom is 0.0191 e. The van der Waals surface area contributed by atoms with Crippen LogP contribution in [0, 0.1) is 5.41 Å². The molecule has 1 heterocycles. The van der Waals surface area contributed by atoms with Crippen molar-refractivity contribution in [1.29, 1.82) is 0 Å². The molecule has 1 saturated heterocycles. The summed E-state index contributed by atoms with van der Waals surface area (Å²) < 4.78 is 0. The van der Waals surface area contributed by atoms with Gasteiger partial charge in [0.15, 0.2) is 0 Å². The number of nitrogens with one attached hydrogen (secondary N) is 1. The van der Waals surface area contributed by atoms with Crippen molar-refractivity contribution in [1.82, 2.24) is 10.2 Å². The molecule has 2 atom stereocenters. The van der Waals surface area contributed by atoms with Crippen LogP contribution in [0.2, 0.25) is 0 Å². The predicted octanol–water partition coefficient (Wildman–Crippen LogP) is 2.84. The molecule has 0 spiro atoms. The Bertz CT molecular complexity index is 214. The van der Waals surface area contributed by atoms with Crippen LogP contribution in [-0.4, -0.2) is 48.6 Å². The van der Waals surface area contributed by atoms with Gasteiger partial charge in [-0.05, 0) is 31.1 Å². The van der Waals surface area contributed by atoms with Gasteiger partial charge >= 0.3 is 0 Å². The van der Waals surface area contributed by atoms with Gasteiger partial charge in [-0.3, -0.25) is 0 Å². The van der Waals surface area contributed by atoms with Crippen LogP contribution in [0.4, 0.5) is 0 Å². The molecule has 17 heavy (non-hydrogen) atoms. The van der Waals surface area contributed by atoms with Gasteiger partial charge in [0.25, 0.3) is 0 Å². The molecule has 0 aromatic rings. The summed E-state index contributed by atoms with van der Waals surface area (Å²) in [5.74, 6) is 2.68. The molecule has 0 aliphatic carbocycles. The number of nitrogens with zero attached hydrogens (tertiary/aromatic N) is 1. The van der Waals surface area contributed by atoms with Gasteiger partial charge in [-0.25, -0.2) is 0 Å². The third kappa shape index (κ3) is 5.19. The molecule has 1 rings (SSSR count). The molecule has 0 aromatic carbocycles. The van der Waals surface area contributed by atoms with E-state index < -0.39 is 0 Å². The van der Waals surface area contributed by atoms with Gasteiger partial charge in [-0.1, -0.05) is 27.7 Å². The van der Waals surface area contributed by atoms with E-state index >= 15 is 0 Å². The molecule has 1 aliphatic rings. The van der Waals surface area contributed by atoms with Gasteiger partial charge in [0, 0.05) is 30.9 Å². The van der Waals surface area contributed by atoms with Gasteiger partial charge < -0.3 is 10.2 Å². The van der Waals surface area contributed by atoms with E-state index in [0.717, 1.165) is 12.6 Å². The van der Waals surface area contributed by atoms with E-state index in [9.17, 15) is 0 Å². The van der Waals surface area contributed by atoms with E-state index in [2.05, 4.69) is 56.7 Å². The first-order valence-electron chi connectivity index (χ1n) is 6.98. The van der Waals surface area contributed by atoms with Crippen molar-refractivity contribution in [2.75, 3.05) is 31.6 Å². The Hall–Kier alpha value is 0.270. The first kappa shape index (κ1) is 15.3. The fourth-order valence-electron chi connectivity index (χ4n) is 2.34. The summed E-state index contributed by atoms with van der Waals surface area (Å²) in [6, 6.07) is 1.40. The molecule has 3 heteroatoms. The molecule has 2 nitrogen and oxygen atoms in total. The van der Waals surface area contributed by atoms with Gasteiger partial charge in [-0.15, -0.1) is 0 Å². The summed E-state index contributed by atoms with van der Waals surface area (Å²) in [6.07, 6.45) is 2.62. The minimum absolute atomic E-state index is 0.409. The number of hydrogen-bond donors (Lipinski definition) is 1. The minimum Gasteiger partial charge on any atom is -0.314 e. The van der Waals surface area contributed by atoms with Crippen LogP contribution in [0.5, 0.6) is 0 Å². The molecule has 2 unspecified atom stereocenters. The molecular weight excluding hydrogens is 228 g/mol. The van der Waals surface area contributed by atoms with Crippen LogP contribution in [0.25, 0.3) is 0 Å². The Labute approximate surface area is 112 Å². The van der Waals surface area contributed by atoms with E-state index in [0.29, 0.717) is 11.5 Å². The van der Waals surface area contributed by atoms with E-state index in [1.807, 2.05) is 0 Å². The zero-order valence-electron chi connectivity index (χ0n) is 12.3. The van der Waals surface area contributed by atoms with Gasteiger partial charge in [0.1, 0.15) is 0 Å². The zero-order chi connectivity index (χ0) is 12.9. The average molecular weight is 258 g/mol. The second-order valence-electron chi connectivity index (χ2n) is 6.13. The van der Waals surface area contributed by atoms with Crippen molar-refractivity contribution in [2.45, 2.75) is 52.6 Å². The van der Waals surface area contributed by atoms with Gasteiger partial charge in [0.05, 0.1) is 0 Å². The Morgan fingerprint density at radius 2 is 2.18 bits per heavy atom. The molecular formula is C14H30N2S. The molecule has 1 aliphatic heterocycles. The summed E-state index contributed by atoms with van der Waals surface area (Å²) in [4.78, 5) is 2.59. The van der Waals surface area contributed by atoms with E-state index in [4.69, 9.17) is 0 Å². The van der Waals surface area contributed by atoms with Crippen molar-refractivity contribution in [2.24, 2.45) is 5.41 Å². The number of rotatable bonds is 7. The zero-order valence-corrected chi connectivity index (χ0v) is 13.1. The van der Waals surface area contributed by atoms with Crippen LogP contribution in [0.3, 0.4) is 0 Å². The smallest absolute Gasteiger partial charge is 0.0191 e. The lowest BCUT2D eigenvalue weighted by molar-refractivity contribution is 0.147. The quantitative estimate of drug-likeness (QED) is 0.756. The molecule has 0 amide bonds. The minimum atomic E-state index is 0.409. The van der Waals surface area contributed by atoms with Crippen LogP contribution in [-0.2, 0) is 0 Å². The predicted molar refractivity (Wildman–Crippen MR) is 79.9 cm³/mol. The average Bonchev–Trinajstić information content (AvgIpc) is 2.80. The summed E-state index contributed by atoms with van der Waals surface area (Å²) in [6.45, 7) is 11.5. The van der Waals surface area contributed by atoms with Gasteiger partial charge in [0.2, 0.25) is 0 Å². The van der Waals surface area contributed by atoms with Crippen molar-refractivity contribution in [3.05, 3.63) is 0 Å². The Morgan fingerprint density at radius 1 is 1.47 bits per heavy atom. The molecule has 0 bridgehead atoms. The first-order chi connectivity index (χ1) is 7.97. The summed E-state index contributed by atoms with van der Waals surface area (Å²) >= 11 is 2.11. The largest absolute Gasteiger partial charge is 0.314 e. The Balaban J connectivity index is 2.42. The highest BCUT2D eigenvalue weighted by Crippen LogP contribution is 2.27. The normalized spacial score (nSPS) is 24.5. The second-order valence-corrected chi connectivity index (χ2v) is 7.28. The number of hydrogen-bond acceptors (Lipinski definition) is 3. The third-order valence-corrected chi connectivity index (χ3v) is 5.10. The lowest BCUT2D eigenvalue weighted by Gasteiger charge is -2.36. The molecule has 102 valence electrons. The summed E-state index contributed by atoms with van der Waals surface area (Å²) in [5.41, 5.74) is 0.409. The van der Waals surface area contributed by atoms with E-state index in [-0.39, 0.29) is 0 Å². The lowest BCUT2D eigenvalue weighted by atomic mass is 9.86. The van der Waals surface area contributed by atoms with Crippen molar-refractivity contribution >= 4 is 11.8 Å². The van der Waals surface area contributed by atoms with Crippen molar-refractivity contribution in [3.63, 3.8) is 0 Å². The molecule has 0 aromatic heterocycles. The van der Waals surface area contributed by atoms with Gasteiger partial charge in [-0.2, -0.15) is 11.8 Å². The number of thioether (sulfide) groups is 1. The van der Waals surface area contributed by atoms with E-state index in [1.54, 1.807) is 0 Å². The van der Waals surface area contributed by atoms with Crippen LogP contribution in [0.15, 0.2) is 0 Å². The highest BCUT2D eigenvalue weighted by Gasteiger charge is 2.28. The van der Waals surface area contributed by atoms with E-state index in [1.165, 1.54) is 30.9 Å². The highest BCUT2D eigenvalue weighted by atomic mass is 32.2. The summed E-state index contributed by atoms with van der Waals surface area (Å²) in [5, 5.41) is 3.60. The molecule has 0 radical (unpaired) electrons. The molecule has 1 fully saturated rings. The molecule has 0 saturated carbocycles. The second kappa shape index (κ2) is 7.01. The van der Waals surface area contributed by atoms with Crippen LogP contribution in [0.1, 0.15) is 40.5 Å². The fourth-order valence-corrected chi connectivity index (χ4v) is 3.64. The first-order valence-corrected chi connectivity index (χ1v) is 8.13. The maximum atomic E-state index is 3.60. The lowest BCUT2D eigenvalue weighted by Crippen LogP contribution is -2.45. The van der Waals surface area contributed by atoms with Crippen molar-refractivity contribution in [3.8, 4) is 0 Å². The Morgan fingerprint density at radius 3 is 2.65 bits per heavy atom. The highest BCUT2D eigenvalue weighted by molar-refractivity contribution is 7.99. The van der Waals surface area contributed by atoms with Crippen molar-refractivity contribution < 1.29 is 0 Å². The molecule has 1 N–H and O–H groups in total. The van der Waals surface area contributed by atoms with Crippen LogP contribution < -0.4 is 5.32 Å². The SMILES string of the molecule is CCC(C)(CNC(C)C)CN(C)C1CCSC1. The Kier molecular flexibility index (Phi) is 6.32. The third-order valence-electron chi connectivity index (χ3n) is 3.95. The fraction of sp³-hybridized carbons (Fsp3) is 1.00. The standard InChI is InChI=1S/C14H30N2S/c1-6-14(4,10-15-12(2)3)11-16(5)13-7-8-17-9-13/h12-13,15H,6-11H2,1-5H3. The van der Waals surface area contributed by atoms with Crippen LogP contribution >= 0.6 is 11.8 Å². The monoisotopic (exact) mass is 258 g/mol. The summed E-state index contributed by atoms with van der Waals surface area (Å²) in [7, 11) is 2.31.